The van der Waals surface area contributed by atoms with Crippen LogP contribution >= 0.6 is 11.3 Å². The highest BCUT2D eigenvalue weighted by Gasteiger charge is 2.16. The third-order valence-electron chi connectivity index (χ3n) is 2.85. The number of sulfonamides is 1. The van der Waals surface area contributed by atoms with Crippen LogP contribution in [-0.4, -0.2) is 26.7 Å². The second kappa shape index (κ2) is 7.13. The number of hydrogen-bond donors (Lipinski definition) is 2. The summed E-state index contributed by atoms with van der Waals surface area (Å²) in [5.41, 5.74) is 0.741. The summed E-state index contributed by atoms with van der Waals surface area (Å²) in [6.07, 6.45) is 0.870. The van der Waals surface area contributed by atoms with Crippen molar-refractivity contribution in [2.24, 2.45) is 0 Å². The normalized spacial score (nSPS) is 11.7. The van der Waals surface area contributed by atoms with Gasteiger partial charge in [0.1, 0.15) is 10.0 Å². The van der Waals surface area contributed by atoms with E-state index in [0.29, 0.717) is 12.8 Å². The molecule has 0 saturated carbocycles. The summed E-state index contributed by atoms with van der Waals surface area (Å²) in [6.45, 7) is 0.200. The molecule has 2 aromatic rings. The molecule has 0 spiro atoms. The molecule has 0 radical (unpaired) electrons. The number of hydrogen-bond acceptors (Lipinski definition) is 4. The van der Waals surface area contributed by atoms with Crippen LogP contribution in [0.2, 0.25) is 0 Å². The van der Waals surface area contributed by atoms with E-state index in [1.54, 1.807) is 18.2 Å². The zero-order valence-corrected chi connectivity index (χ0v) is 12.9. The molecule has 0 fully saturated rings. The summed E-state index contributed by atoms with van der Waals surface area (Å²) < 4.78 is 39.9. The van der Waals surface area contributed by atoms with Gasteiger partial charge in [-0.25, -0.2) is 17.5 Å². The van der Waals surface area contributed by atoms with Crippen molar-refractivity contribution >= 4 is 21.4 Å². The van der Waals surface area contributed by atoms with E-state index in [-0.39, 0.29) is 23.2 Å². The second-order valence-electron chi connectivity index (χ2n) is 4.47. The molecule has 0 aliphatic rings. The Morgan fingerprint density at radius 1 is 1.19 bits per heavy atom. The van der Waals surface area contributed by atoms with Crippen LogP contribution in [0, 0.1) is 5.82 Å². The fourth-order valence-electron chi connectivity index (χ4n) is 1.84. The number of benzene rings is 1. The van der Waals surface area contributed by atoms with Gasteiger partial charge in [-0.2, -0.15) is 0 Å². The number of thiophene rings is 1. The lowest BCUT2D eigenvalue weighted by atomic mass is 10.1. The van der Waals surface area contributed by atoms with E-state index >= 15 is 0 Å². The highest BCUT2D eigenvalue weighted by molar-refractivity contribution is 7.91. The Morgan fingerprint density at radius 2 is 2.00 bits per heavy atom. The average Bonchev–Trinajstić information content (AvgIpc) is 2.88. The van der Waals surface area contributed by atoms with Crippen molar-refractivity contribution < 1.29 is 17.9 Å². The van der Waals surface area contributed by atoms with Crippen molar-refractivity contribution in [3.8, 4) is 0 Å². The quantitative estimate of drug-likeness (QED) is 0.816. The maximum atomic E-state index is 13.0. The average molecular weight is 329 g/mol. The summed E-state index contributed by atoms with van der Waals surface area (Å²) in [6, 6.07) is 9.31. The van der Waals surface area contributed by atoms with E-state index in [0.717, 1.165) is 21.8 Å². The Labute approximate surface area is 127 Å². The monoisotopic (exact) mass is 329 g/mol. The van der Waals surface area contributed by atoms with E-state index in [1.807, 2.05) is 0 Å². The third-order valence-corrected chi connectivity index (χ3v) is 5.95. The van der Waals surface area contributed by atoms with E-state index in [9.17, 15) is 12.8 Å². The molecule has 21 heavy (non-hydrogen) atoms. The van der Waals surface area contributed by atoms with E-state index in [2.05, 4.69) is 4.72 Å². The molecule has 0 amide bonds. The van der Waals surface area contributed by atoms with Gasteiger partial charge in [-0.05, 0) is 36.2 Å². The molecule has 0 aliphatic heterocycles. The summed E-state index contributed by atoms with van der Waals surface area (Å²) in [7, 11) is -3.54. The molecular weight excluding hydrogens is 313 g/mol. The smallest absolute Gasteiger partial charge is 0.250 e. The van der Waals surface area contributed by atoms with Crippen molar-refractivity contribution in [3.05, 3.63) is 52.7 Å². The Hall–Kier alpha value is -1.28. The Kier molecular flexibility index (Phi) is 5.46. The van der Waals surface area contributed by atoms with Gasteiger partial charge in [0.2, 0.25) is 10.0 Å². The maximum Gasteiger partial charge on any atom is 0.250 e. The van der Waals surface area contributed by atoms with Crippen molar-refractivity contribution in [1.29, 1.82) is 0 Å². The topological polar surface area (TPSA) is 66.4 Å². The predicted molar refractivity (Wildman–Crippen MR) is 80.4 cm³/mol. The highest BCUT2D eigenvalue weighted by atomic mass is 32.2. The molecule has 0 unspecified atom stereocenters. The lowest BCUT2D eigenvalue weighted by molar-refractivity contribution is 0.300. The fraction of sp³-hybridized carbons (Fsp3) is 0.286. The van der Waals surface area contributed by atoms with E-state index in [4.69, 9.17) is 5.11 Å². The van der Waals surface area contributed by atoms with Crippen LogP contribution in [0.15, 0.2) is 40.6 Å². The van der Waals surface area contributed by atoms with E-state index < -0.39 is 10.0 Å². The van der Waals surface area contributed by atoms with Crippen LogP contribution in [0.3, 0.4) is 0 Å². The van der Waals surface area contributed by atoms with Gasteiger partial charge in [-0.15, -0.1) is 11.3 Å². The summed E-state index contributed by atoms with van der Waals surface area (Å²) >= 11 is 1.14. The van der Waals surface area contributed by atoms with Gasteiger partial charge in [0.15, 0.2) is 0 Å². The number of aliphatic hydroxyl groups excluding tert-OH is 1. The van der Waals surface area contributed by atoms with Crippen molar-refractivity contribution in [1.82, 2.24) is 4.72 Å². The highest BCUT2D eigenvalue weighted by Crippen LogP contribution is 2.21. The Balaban J connectivity index is 1.94. The third kappa shape index (κ3) is 4.60. The van der Waals surface area contributed by atoms with Crippen LogP contribution in [0.5, 0.6) is 0 Å². The molecule has 0 saturated heterocycles. The molecule has 1 heterocycles. The molecule has 0 aliphatic carbocycles. The van der Waals surface area contributed by atoms with Crippen LogP contribution in [0.4, 0.5) is 4.39 Å². The Morgan fingerprint density at radius 3 is 2.71 bits per heavy atom. The van der Waals surface area contributed by atoms with Crippen molar-refractivity contribution in [3.63, 3.8) is 0 Å². The van der Waals surface area contributed by atoms with Gasteiger partial charge in [-0.1, -0.05) is 12.1 Å². The molecule has 1 aromatic carbocycles. The lowest BCUT2D eigenvalue weighted by Crippen LogP contribution is -2.25. The first-order chi connectivity index (χ1) is 10.0. The largest absolute Gasteiger partial charge is 0.396 e. The van der Waals surface area contributed by atoms with E-state index in [1.165, 1.54) is 18.2 Å². The SMILES string of the molecule is O=S(=O)(NCCc1cccc(F)c1)c1ccc(CCO)s1. The summed E-state index contributed by atoms with van der Waals surface area (Å²) in [4.78, 5) is 0.822. The molecule has 0 atom stereocenters. The van der Waals surface area contributed by atoms with Crippen LogP contribution in [-0.2, 0) is 22.9 Å². The number of halogens is 1. The van der Waals surface area contributed by atoms with Gasteiger partial charge < -0.3 is 5.11 Å². The first kappa shape index (κ1) is 16.1. The van der Waals surface area contributed by atoms with Crippen molar-refractivity contribution in [2.45, 2.75) is 17.1 Å². The molecular formula is C14H16FNO3S2. The zero-order valence-electron chi connectivity index (χ0n) is 11.3. The molecule has 7 heteroatoms. The van der Waals surface area contributed by atoms with Gasteiger partial charge in [0.25, 0.3) is 0 Å². The van der Waals surface area contributed by atoms with Gasteiger partial charge >= 0.3 is 0 Å². The minimum absolute atomic E-state index is 0.00694. The minimum Gasteiger partial charge on any atom is -0.396 e. The van der Waals surface area contributed by atoms with Gasteiger partial charge in [-0.3, -0.25) is 0 Å². The zero-order chi connectivity index (χ0) is 15.3. The standard InChI is InChI=1S/C14H16FNO3S2/c15-12-3-1-2-11(10-12)6-8-16-21(18,19)14-5-4-13(20-14)7-9-17/h1-5,10,16-17H,6-9H2. The first-order valence-electron chi connectivity index (χ1n) is 6.45. The number of aliphatic hydroxyl groups is 1. The molecule has 114 valence electrons. The molecule has 2 rings (SSSR count). The van der Waals surface area contributed by atoms with Crippen molar-refractivity contribution in [2.75, 3.05) is 13.2 Å². The molecule has 0 bridgehead atoms. The second-order valence-corrected chi connectivity index (χ2v) is 7.63. The predicted octanol–water partition coefficient (Wildman–Crippen LogP) is 1.94. The van der Waals surface area contributed by atoms with Crippen LogP contribution < -0.4 is 4.72 Å². The number of nitrogens with one attached hydrogen (secondary N) is 1. The first-order valence-corrected chi connectivity index (χ1v) is 8.75. The Bertz CT molecular complexity index is 698. The number of rotatable bonds is 7. The minimum atomic E-state index is -3.54. The van der Waals surface area contributed by atoms with Crippen LogP contribution in [0.1, 0.15) is 10.4 Å². The lowest BCUT2D eigenvalue weighted by Gasteiger charge is -2.05. The fourth-order valence-corrected chi connectivity index (χ4v) is 4.26. The summed E-state index contributed by atoms with van der Waals surface area (Å²) in [5.74, 6) is -0.331. The van der Waals surface area contributed by atoms with Gasteiger partial charge in [0, 0.05) is 24.4 Å². The van der Waals surface area contributed by atoms with Gasteiger partial charge in [0.05, 0.1) is 0 Å². The molecule has 4 nitrogen and oxygen atoms in total. The van der Waals surface area contributed by atoms with Crippen LogP contribution in [0.25, 0.3) is 0 Å². The molecule has 1 aromatic heterocycles. The summed E-state index contributed by atoms with van der Waals surface area (Å²) in [5, 5.41) is 8.83. The maximum absolute atomic E-state index is 13.0. The molecule has 2 N–H and O–H groups in total.